The van der Waals surface area contributed by atoms with Gasteiger partial charge in [0.25, 0.3) is 11.6 Å². The number of aromatic nitrogens is 1. The van der Waals surface area contributed by atoms with E-state index in [2.05, 4.69) is 31.8 Å². The summed E-state index contributed by atoms with van der Waals surface area (Å²) in [7, 11) is 0. The van der Waals surface area contributed by atoms with Crippen molar-refractivity contribution in [2.75, 3.05) is 5.43 Å². The van der Waals surface area contributed by atoms with E-state index in [1.165, 1.54) is 12.1 Å². The lowest BCUT2D eigenvalue weighted by Gasteiger charge is -2.07. The molecular formula is C12H9BrN4O3. The summed E-state index contributed by atoms with van der Waals surface area (Å²) in [5.41, 5.74) is 5.38. The number of anilines is 1. The van der Waals surface area contributed by atoms with E-state index in [4.69, 9.17) is 0 Å². The molecule has 0 saturated heterocycles. The molecule has 102 valence electrons. The first-order chi connectivity index (χ1) is 9.56. The third-order valence-corrected chi connectivity index (χ3v) is 2.90. The number of carbonyl (C=O) groups is 1. The van der Waals surface area contributed by atoms with Crippen molar-refractivity contribution in [3.63, 3.8) is 0 Å². The van der Waals surface area contributed by atoms with Crippen LogP contribution >= 0.6 is 15.9 Å². The van der Waals surface area contributed by atoms with Gasteiger partial charge >= 0.3 is 0 Å². The van der Waals surface area contributed by atoms with E-state index in [-0.39, 0.29) is 11.6 Å². The number of hydrazine groups is 1. The molecule has 0 aliphatic carbocycles. The fourth-order valence-electron chi connectivity index (χ4n) is 1.36. The van der Waals surface area contributed by atoms with E-state index in [1.807, 2.05) is 0 Å². The Bertz CT molecular complexity index is 628. The maximum Gasteiger partial charge on any atom is 0.287 e. The Labute approximate surface area is 122 Å². The molecule has 2 rings (SSSR count). The van der Waals surface area contributed by atoms with Crippen molar-refractivity contribution in [1.29, 1.82) is 0 Å². The Kier molecular flexibility index (Phi) is 4.26. The molecule has 1 aromatic heterocycles. The average molecular weight is 337 g/mol. The largest absolute Gasteiger partial charge is 0.287 e. The summed E-state index contributed by atoms with van der Waals surface area (Å²) in [5.74, 6) is -0.0290. The van der Waals surface area contributed by atoms with Crippen molar-refractivity contribution in [1.82, 2.24) is 10.4 Å². The van der Waals surface area contributed by atoms with Crippen LogP contribution < -0.4 is 10.9 Å². The van der Waals surface area contributed by atoms with Crippen molar-refractivity contribution in [3.05, 3.63) is 62.7 Å². The van der Waals surface area contributed by atoms with Gasteiger partial charge in [0.05, 0.1) is 4.92 Å². The fourth-order valence-corrected chi connectivity index (χ4v) is 1.63. The fraction of sp³-hybridized carbons (Fsp3) is 0. The van der Waals surface area contributed by atoms with Crippen LogP contribution in [0.1, 0.15) is 10.4 Å². The number of nitrogens with one attached hydrogen (secondary N) is 2. The Balaban J connectivity index is 1.96. The van der Waals surface area contributed by atoms with Gasteiger partial charge in [0, 0.05) is 16.1 Å². The Morgan fingerprint density at radius 3 is 2.45 bits per heavy atom. The van der Waals surface area contributed by atoms with Crippen molar-refractivity contribution < 1.29 is 9.72 Å². The minimum Gasteiger partial charge on any atom is -0.282 e. The molecule has 1 amide bonds. The highest BCUT2D eigenvalue weighted by Gasteiger charge is 2.07. The number of amides is 1. The van der Waals surface area contributed by atoms with Crippen LogP contribution in [0.5, 0.6) is 0 Å². The summed E-state index contributed by atoms with van der Waals surface area (Å²) < 4.78 is 0.874. The van der Waals surface area contributed by atoms with E-state index in [1.54, 1.807) is 24.3 Å². The molecule has 1 aromatic carbocycles. The van der Waals surface area contributed by atoms with Gasteiger partial charge in [-0.15, -0.1) is 0 Å². The van der Waals surface area contributed by atoms with Crippen LogP contribution in [0, 0.1) is 10.1 Å². The smallest absolute Gasteiger partial charge is 0.282 e. The van der Waals surface area contributed by atoms with E-state index in [0.29, 0.717) is 11.4 Å². The van der Waals surface area contributed by atoms with Gasteiger partial charge in [-0.2, -0.15) is 0 Å². The molecule has 0 aliphatic heterocycles. The highest BCUT2D eigenvalue weighted by molar-refractivity contribution is 9.10. The molecule has 8 heteroatoms. The number of hydrogen-bond donors (Lipinski definition) is 2. The van der Waals surface area contributed by atoms with Crippen molar-refractivity contribution in [3.8, 4) is 0 Å². The normalized spacial score (nSPS) is 9.85. The zero-order chi connectivity index (χ0) is 14.5. The van der Waals surface area contributed by atoms with Crippen LogP contribution in [0.3, 0.4) is 0 Å². The second-order valence-electron chi connectivity index (χ2n) is 3.74. The molecular weight excluding hydrogens is 328 g/mol. The van der Waals surface area contributed by atoms with Gasteiger partial charge in [0.1, 0.15) is 12.0 Å². The third-order valence-electron chi connectivity index (χ3n) is 2.37. The van der Waals surface area contributed by atoms with Gasteiger partial charge in [-0.05, 0) is 30.3 Å². The van der Waals surface area contributed by atoms with E-state index < -0.39 is 4.92 Å². The number of hydrogen-bond acceptors (Lipinski definition) is 5. The molecule has 0 bridgehead atoms. The molecule has 0 spiro atoms. The van der Waals surface area contributed by atoms with Crippen LogP contribution in [0.15, 0.2) is 47.1 Å². The van der Waals surface area contributed by atoms with Crippen LogP contribution in [-0.4, -0.2) is 15.8 Å². The predicted molar refractivity (Wildman–Crippen MR) is 76.1 cm³/mol. The predicted octanol–water partition coefficient (Wildman–Crippen LogP) is 2.51. The molecule has 0 unspecified atom stereocenters. The summed E-state index contributed by atoms with van der Waals surface area (Å²) in [6.45, 7) is 0. The van der Waals surface area contributed by atoms with Crippen LogP contribution in [0.2, 0.25) is 0 Å². The number of halogens is 1. The average Bonchev–Trinajstić information content (AvgIpc) is 2.46. The summed E-state index contributed by atoms with van der Waals surface area (Å²) in [6, 6.07) is 9.51. The molecule has 2 N–H and O–H groups in total. The number of nitrogens with zero attached hydrogens (tertiary/aromatic N) is 2. The molecule has 20 heavy (non-hydrogen) atoms. The number of pyridine rings is 1. The van der Waals surface area contributed by atoms with Crippen molar-refractivity contribution >= 4 is 33.3 Å². The Hall–Kier alpha value is -2.48. The zero-order valence-corrected chi connectivity index (χ0v) is 11.6. The van der Waals surface area contributed by atoms with Crippen molar-refractivity contribution in [2.45, 2.75) is 0 Å². The molecule has 0 aliphatic rings. The lowest BCUT2D eigenvalue weighted by Crippen LogP contribution is -2.29. The van der Waals surface area contributed by atoms with Gasteiger partial charge in [-0.25, -0.2) is 4.98 Å². The van der Waals surface area contributed by atoms with Crippen LogP contribution in [-0.2, 0) is 0 Å². The monoisotopic (exact) mass is 336 g/mol. The van der Waals surface area contributed by atoms with E-state index >= 15 is 0 Å². The first-order valence-corrected chi connectivity index (χ1v) is 6.28. The molecule has 0 fully saturated rings. The minimum absolute atomic E-state index is 0.116. The first kappa shape index (κ1) is 13.9. The second kappa shape index (κ2) is 6.11. The van der Waals surface area contributed by atoms with Gasteiger partial charge in [0.15, 0.2) is 0 Å². The summed E-state index contributed by atoms with van der Waals surface area (Å²) in [5, 5.41) is 10.5. The maximum absolute atomic E-state index is 11.8. The van der Waals surface area contributed by atoms with Gasteiger partial charge in [-0.1, -0.05) is 15.9 Å². The summed E-state index contributed by atoms with van der Waals surface area (Å²) in [6.07, 6.45) is 1.11. The molecule has 0 saturated carbocycles. The van der Waals surface area contributed by atoms with Gasteiger partial charge < -0.3 is 0 Å². The van der Waals surface area contributed by atoms with Gasteiger partial charge in [0.2, 0.25) is 0 Å². The topological polar surface area (TPSA) is 97.2 Å². The van der Waals surface area contributed by atoms with Gasteiger partial charge in [-0.3, -0.25) is 25.8 Å². The summed E-state index contributed by atoms with van der Waals surface area (Å²) >= 11 is 3.28. The van der Waals surface area contributed by atoms with Crippen LogP contribution in [0.25, 0.3) is 0 Å². The lowest BCUT2D eigenvalue weighted by molar-refractivity contribution is -0.385. The Morgan fingerprint density at radius 2 is 1.90 bits per heavy atom. The molecule has 0 atom stereocenters. The third kappa shape index (κ3) is 3.51. The maximum atomic E-state index is 11.8. The highest BCUT2D eigenvalue weighted by atomic mass is 79.9. The number of nitro groups is 1. The number of rotatable bonds is 4. The van der Waals surface area contributed by atoms with Crippen LogP contribution in [0.4, 0.5) is 11.5 Å². The second-order valence-corrected chi connectivity index (χ2v) is 4.66. The standard InChI is InChI=1S/C12H9BrN4O3/c13-9-3-1-8(2-4-9)12(18)16-15-11-6-5-10(7-14-11)17(19)20/h1-7H,(H,14,15)(H,16,18). The molecule has 0 radical (unpaired) electrons. The van der Waals surface area contributed by atoms with Crippen molar-refractivity contribution in [2.24, 2.45) is 0 Å². The number of benzene rings is 1. The quantitative estimate of drug-likeness (QED) is 0.660. The summed E-state index contributed by atoms with van der Waals surface area (Å²) in [4.78, 5) is 25.5. The molecule has 1 heterocycles. The first-order valence-electron chi connectivity index (χ1n) is 5.48. The van der Waals surface area contributed by atoms with E-state index in [0.717, 1.165) is 10.7 Å². The van der Waals surface area contributed by atoms with E-state index in [9.17, 15) is 14.9 Å². The number of carbonyl (C=O) groups excluding carboxylic acids is 1. The molecule has 2 aromatic rings. The molecule has 7 nitrogen and oxygen atoms in total. The lowest BCUT2D eigenvalue weighted by atomic mass is 10.2. The highest BCUT2D eigenvalue weighted by Crippen LogP contribution is 2.12. The SMILES string of the molecule is O=C(NNc1ccc([N+](=O)[O-])cn1)c1ccc(Br)cc1. The zero-order valence-electron chi connectivity index (χ0n) is 10.0. The minimum atomic E-state index is -0.544. The Morgan fingerprint density at radius 1 is 1.20 bits per heavy atom.